The predicted molar refractivity (Wildman–Crippen MR) is 114 cm³/mol. The number of hydrogen-bond donors (Lipinski definition) is 2. The summed E-state index contributed by atoms with van der Waals surface area (Å²) in [7, 11) is 4.01. The standard InChI is InChI=1S/C22H29N5O3/c1-26-12-11-16(13-26)27(2)22(30)14-7-9-15(10-8-14)23-21(29)19-17-5-3-4-6-18(17)20(28)25-24-19/h3-6,14-16H,7-13H2,1-2H3,(H,23,29)(H,25,28). The molecule has 1 saturated heterocycles. The van der Waals surface area contributed by atoms with Gasteiger partial charge < -0.3 is 15.1 Å². The van der Waals surface area contributed by atoms with Gasteiger partial charge in [0, 0.05) is 37.0 Å². The molecule has 1 unspecified atom stereocenters. The second kappa shape index (κ2) is 8.55. The van der Waals surface area contributed by atoms with Gasteiger partial charge in [-0.15, -0.1) is 0 Å². The van der Waals surface area contributed by atoms with E-state index in [1.165, 1.54) is 0 Å². The van der Waals surface area contributed by atoms with Gasteiger partial charge in [-0.05, 0) is 51.8 Å². The van der Waals surface area contributed by atoms with E-state index in [0.29, 0.717) is 16.8 Å². The Balaban J connectivity index is 1.35. The van der Waals surface area contributed by atoms with Crippen molar-refractivity contribution in [2.24, 2.45) is 5.92 Å². The number of benzene rings is 1. The lowest BCUT2D eigenvalue weighted by molar-refractivity contribution is -0.137. The van der Waals surface area contributed by atoms with Gasteiger partial charge in [-0.1, -0.05) is 18.2 Å². The monoisotopic (exact) mass is 411 g/mol. The minimum atomic E-state index is -0.307. The molecule has 2 heterocycles. The Labute approximate surface area is 175 Å². The first-order chi connectivity index (χ1) is 14.4. The fourth-order valence-corrected chi connectivity index (χ4v) is 4.72. The number of carbonyl (C=O) groups excluding carboxylic acids is 2. The fourth-order valence-electron chi connectivity index (χ4n) is 4.72. The molecule has 0 bridgehead atoms. The normalized spacial score (nSPS) is 24.7. The lowest BCUT2D eigenvalue weighted by Crippen LogP contribution is -2.45. The minimum Gasteiger partial charge on any atom is -0.348 e. The molecule has 30 heavy (non-hydrogen) atoms. The summed E-state index contributed by atoms with van der Waals surface area (Å²) in [6.45, 7) is 1.97. The fraction of sp³-hybridized carbons (Fsp3) is 0.545. The van der Waals surface area contributed by atoms with Crippen LogP contribution in [0.2, 0.25) is 0 Å². The van der Waals surface area contributed by atoms with Crippen LogP contribution < -0.4 is 10.9 Å². The number of rotatable bonds is 4. The Kier molecular flexibility index (Phi) is 5.85. The smallest absolute Gasteiger partial charge is 0.272 e. The first-order valence-corrected chi connectivity index (χ1v) is 10.7. The summed E-state index contributed by atoms with van der Waals surface area (Å²) in [6, 6.07) is 7.28. The van der Waals surface area contributed by atoms with E-state index < -0.39 is 0 Å². The highest BCUT2D eigenvalue weighted by Crippen LogP contribution is 2.27. The predicted octanol–water partition coefficient (Wildman–Crippen LogP) is 1.37. The van der Waals surface area contributed by atoms with Gasteiger partial charge >= 0.3 is 0 Å². The molecule has 8 heteroatoms. The largest absolute Gasteiger partial charge is 0.348 e. The van der Waals surface area contributed by atoms with Gasteiger partial charge in [0.15, 0.2) is 5.69 Å². The first kappa shape index (κ1) is 20.5. The van der Waals surface area contributed by atoms with E-state index >= 15 is 0 Å². The molecule has 0 radical (unpaired) electrons. The van der Waals surface area contributed by atoms with Crippen LogP contribution in [0.4, 0.5) is 0 Å². The average molecular weight is 412 g/mol. The van der Waals surface area contributed by atoms with Gasteiger partial charge in [-0.2, -0.15) is 5.10 Å². The molecule has 2 aromatic rings. The van der Waals surface area contributed by atoms with Gasteiger partial charge in [0.2, 0.25) is 5.91 Å². The Bertz CT molecular complexity index is 996. The highest BCUT2D eigenvalue weighted by Gasteiger charge is 2.33. The Morgan fingerprint density at radius 2 is 1.83 bits per heavy atom. The third-order valence-corrected chi connectivity index (χ3v) is 6.58. The number of H-pyrrole nitrogens is 1. The van der Waals surface area contributed by atoms with E-state index in [-0.39, 0.29) is 35.0 Å². The van der Waals surface area contributed by atoms with Crippen LogP contribution >= 0.6 is 0 Å². The number of likely N-dealkylation sites (N-methyl/N-ethyl adjacent to an activating group) is 2. The SMILES string of the molecule is CN1CCC(N(C)C(=O)C2CCC(NC(=O)c3n[nH]c(=O)c4ccccc34)CC2)C1. The molecule has 1 aromatic heterocycles. The van der Waals surface area contributed by atoms with E-state index in [4.69, 9.17) is 0 Å². The topological polar surface area (TPSA) is 98.4 Å². The molecule has 2 N–H and O–H groups in total. The van der Waals surface area contributed by atoms with Gasteiger partial charge in [0.05, 0.1) is 5.39 Å². The number of nitrogens with one attached hydrogen (secondary N) is 2. The molecule has 8 nitrogen and oxygen atoms in total. The van der Waals surface area contributed by atoms with Crippen LogP contribution in [-0.4, -0.2) is 71.1 Å². The summed E-state index contributed by atoms with van der Waals surface area (Å²) in [5.74, 6) is -0.0298. The van der Waals surface area contributed by atoms with Crippen molar-refractivity contribution in [2.45, 2.75) is 44.2 Å². The molecule has 0 spiro atoms. The second-order valence-electron chi connectivity index (χ2n) is 8.62. The Hall–Kier alpha value is -2.74. The third-order valence-electron chi connectivity index (χ3n) is 6.58. The first-order valence-electron chi connectivity index (χ1n) is 10.7. The lowest BCUT2D eigenvalue weighted by atomic mass is 9.85. The number of hydrogen-bond acceptors (Lipinski definition) is 5. The van der Waals surface area contributed by atoms with Crippen molar-refractivity contribution in [3.8, 4) is 0 Å². The minimum absolute atomic E-state index is 0.0111. The number of aromatic amines is 1. The maximum Gasteiger partial charge on any atom is 0.272 e. The zero-order valence-electron chi connectivity index (χ0n) is 17.6. The number of carbonyl (C=O) groups is 2. The average Bonchev–Trinajstić information content (AvgIpc) is 3.20. The van der Waals surface area contributed by atoms with Crippen molar-refractivity contribution in [1.82, 2.24) is 25.3 Å². The van der Waals surface area contributed by atoms with Crippen LogP contribution in [0.3, 0.4) is 0 Å². The third kappa shape index (κ3) is 4.09. The van der Waals surface area contributed by atoms with E-state index in [0.717, 1.165) is 45.2 Å². The van der Waals surface area contributed by atoms with Crippen LogP contribution in [0.5, 0.6) is 0 Å². The summed E-state index contributed by atoms with van der Waals surface area (Å²) >= 11 is 0. The van der Waals surface area contributed by atoms with Crippen LogP contribution in [0.25, 0.3) is 10.8 Å². The molecule has 1 aromatic carbocycles. The molecular formula is C22H29N5O3. The highest BCUT2D eigenvalue weighted by molar-refractivity contribution is 6.04. The summed E-state index contributed by atoms with van der Waals surface area (Å²) in [5.41, 5.74) is -0.0766. The number of nitrogens with zero attached hydrogens (tertiary/aromatic N) is 3. The van der Waals surface area contributed by atoms with Crippen LogP contribution in [0.15, 0.2) is 29.1 Å². The Morgan fingerprint density at radius 1 is 1.13 bits per heavy atom. The molecular weight excluding hydrogens is 382 g/mol. The van der Waals surface area contributed by atoms with Crippen LogP contribution in [0.1, 0.15) is 42.6 Å². The number of aromatic nitrogens is 2. The molecule has 1 saturated carbocycles. The molecule has 2 aliphatic rings. The maximum atomic E-state index is 12.9. The molecule has 1 atom stereocenters. The Morgan fingerprint density at radius 3 is 2.50 bits per heavy atom. The number of fused-ring (bicyclic) bond motifs is 1. The number of likely N-dealkylation sites (tertiary alicyclic amines) is 1. The van der Waals surface area contributed by atoms with E-state index in [1.54, 1.807) is 24.3 Å². The summed E-state index contributed by atoms with van der Waals surface area (Å²) in [6.07, 6.45) is 4.11. The van der Waals surface area contributed by atoms with Gasteiger partial charge in [0.25, 0.3) is 11.5 Å². The molecule has 2 fully saturated rings. The van der Waals surface area contributed by atoms with Crippen molar-refractivity contribution < 1.29 is 9.59 Å². The van der Waals surface area contributed by atoms with Crippen molar-refractivity contribution in [3.05, 3.63) is 40.3 Å². The van der Waals surface area contributed by atoms with Gasteiger partial charge in [0.1, 0.15) is 0 Å². The van der Waals surface area contributed by atoms with Gasteiger partial charge in [-0.3, -0.25) is 14.4 Å². The van der Waals surface area contributed by atoms with E-state index in [2.05, 4.69) is 27.5 Å². The summed E-state index contributed by atoms with van der Waals surface area (Å²) < 4.78 is 0. The highest BCUT2D eigenvalue weighted by atomic mass is 16.2. The van der Waals surface area contributed by atoms with E-state index in [9.17, 15) is 14.4 Å². The number of amides is 2. The summed E-state index contributed by atoms with van der Waals surface area (Å²) in [5, 5.41) is 10.4. The molecule has 4 rings (SSSR count). The quantitative estimate of drug-likeness (QED) is 0.792. The summed E-state index contributed by atoms with van der Waals surface area (Å²) in [4.78, 5) is 41.8. The van der Waals surface area contributed by atoms with Crippen molar-refractivity contribution >= 4 is 22.6 Å². The molecule has 1 aliphatic carbocycles. The van der Waals surface area contributed by atoms with Crippen molar-refractivity contribution in [3.63, 3.8) is 0 Å². The van der Waals surface area contributed by atoms with Gasteiger partial charge in [-0.25, -0.2) is 5.10 Å². The van der Waals surface area contributed by atoms with Crippen molar-refractivity contribution in [2.75, 3.05) is 27.2 Å². The molecule has 160 valence electrons. The second-order valence-corrected chi connectivity index (χ2v) is 8.62. The maximum absolute atomic E-state index is 12.9. The zero-order valence-corrected chi connectivity index (χ0v) is 17.6. The molecule has 2 amide bonds. The molecule has 1 aliphatic heterocycles. The van der Waals surface area contributed by atoms with Crippen LogP contribution in [-0.2, 0) is 4.79 Å². The lowest BCUT2D eigenvalue weighted by Gasteiger charge is -2.33. The van der Waals surface area contributed by atoms with E-state index in [1.807, 2.05) is 11.9 Å². The van der Waals surface area contributed by atoms with Crippen LogP contribution in [0, 0.1) is 5.92 Å². The zero-order chi connectivity index (χ0) is 21.3. The van der Waals surface area contributed by atoms with Crippen molar-refractivity contribution in [1.29, 1.82) is 0 Å².